The Hall–Kier alpha value is -3.08. The van der Waals surface area contributed by atoms with Crippen LogP contribution in [0.25, 0.3) is 0 Å². The molecule has 11 heteroatoms. The van der Waals surface area contributed by atoms with Crippen LogP contribution in [0.2, 0.25) is 0 Å². The molecule has 29 heavy (non-hydrogen) atoms. The smallest absolute Gasteiger partial charge is 0.497 e. The maximum atomic E-state index is 12.5. The van der Waals surface area contributed by atoms with Crippen LogP contribution in [0, 0.1) is 0 Å². The summed E-state index contributed by atoms with van der Waals surface area (Å²) in [6.07, 6.45) is -1.26. The van der Waals surface area contributed by atoms with Crippen molar-refractivity contribution in [1.29, 1.82) is 0 Å². The van der Waals surface area contributed by atoms with Crippen molar-refractivity contribution in [2.24, 2.45) is 0 Å². The van der Waals surface area contributed by atoms with Crippen LogP contribution in [-0.2, 0) is 11.3 Å². The van der Waals surface area contributed by atoms with Crippen molar-refractivity contribution >= 4 is 11.9 Å². The number of ether oxygens (including phenoxy) is 3. The summed E-state index contributed by atoms with van der Waals surface area (Å²) in [5, 5.41) is 2.88. The van der Waals surface area contributed by atoms with E-state index in [1.165, 1.54) is 25.6 Å². The second-order valence-corrected chi connectivity index (χ2v) is 6.17. The summed E-state index contributed by atoms with van der Waals surface area (Å²) in [6.45, 7) is 1.59. The molecule has 0 aliphatic carbocycles. The number of rotatable bonds is 6. The molecular weight excluding hydrogens is 393 g/mol. The number of benzene rings is 1. The van der Waals surface area contributed by atoms with Gasteiger partial charge in [0.05, 0.1) is 19.3 Å². The van der Waals surface area contributed by atoms with Crippen molar-refractivity contribution in [3.8, 4) is 11.5 Å². The topological polar surface area (TPSA) is 85.8 Å². The molecule has 156 valence electrons. The normalized spacial score (nSPS) is 14.4. The lowest BCUT2D eigenvalue weighted by Gasteiger charge is -2.26. The molecule has 2 aromatic rings. The average molecular weight is 412 g/mol. The zero-order valence-corrected chi connectivity index (χ0v) is 15.5. The van der Waals surface area contributed by atoms with E-state index < -0.39 is 6.36 Å². The van der Waals surface area contributed by atoms with Gasteiger partial charge in [0.1, 0.15) is 18.2 Å². The van der Waals surface area contributed by atoms with Crippen LogP contribution in [0.3, 0.4) is 0 Å². The molecule has 1 aliphatic rings. The minimum absolute atomic E-state index is 0.124. The number of hydrogen-bond donors (Lipinski definition) is 1. The van der Waals surface area contributed by atoms with E-state index in [0.29, 0.717) is 24.3 Å². The molecule has 1 fully saturated rings. The van der Waals surface area contributed by atoms with Crippen LogP contribution >= 0.6 is 0 Å². The number of hydrogen-bond acceptors (Lipinski definition) is 7. The van der Waals surface area contributed by atoms with Crippen molar-refractivity contribution in [3.63, 3.8) is 0 Å². The summed E-state index contributed by atoms with van der Waals surface area (Å²) in [7, 11) is 1.34. The van der Waals surface area contributed by atoms with Crippen molar-refractivity contribution in [2.75, 3.05) is 32.3 Å². The van der Waals surface area contributed by atoms with Gasteiger partial charge in [-0.3, -0.25) is 4.79 Å². The molecule has 1 amide bonds. The number of amides is 1. The highest BCUT2D eigenvalue weighted by Crippen LogP contribution is 2.28. The highest BCUT2D eigenvalue weighted by atomic mass is 19.4. The van der Waals surface area contributed by atoms with E-state index in [4.69, 9.17) is 9.47 Å². The van der Waals surface area contributed by atoms with Gasteiger partial charge in [-0.25, -0.2) is 9.97 Å². The Kier molecular flexibility index (Phi) is 6.37. The first kappa shape index (κ1) is 20.6. The van der Waals surface area contributed by atoms with Crippen LogP contribution in [0.1, 0.15) is 22.3 Å². The summed E-state index contributed by atoms with van der Waals surface area (Å²) >= 11 is 0. The minimum Gasteiger partial charge on any atom is -0.497 e. The van der Waals surface area contributed by atoms with E-state index in [0.717, 1.165) is 12.5 Å². The third-order valence-corrected chi connectivity index (χ3v) is 4.01. The number of nitrogens with zero attached hydrogens (tertiary/aromatic N) is 3. The van der Waals surface area contributed by atoms with Crippen LogP contribution in [-0.4, -0.2) is 54.1 Å². The fraction of sp³-hybridized carbons (Fsp3) is 0.389. The highest BCUT2D eigenvalue weighted by molar-refractivity contribution is 5.93. The fourth-order valence-corrected chi connectivity index (χ4v) is 2.69. The van der Waals surface area contributed by atoms with Gasteiger partial charge in [-0.05, 0) is 24.1 Å². The number of anilines is 1. The molecule has 0 spiro atoms. The number of methoxy groups -OCH3 is 1. The molecular formula is C18H19F3N4O4. The number of nitrogens with one attached hydrogen (secondary N) is 1. The molecule has 0 radical (unpaired) electrons. The molecule has 2 heterocycles. The second-order valence-electron chi connectivity index (χ2n) is 6.17. The lowest BCUT2D eigenvalue weighted by atomic mass is 10.2. The number of carbonyl (C=O) groups is 1. The molecule has 0 bridgehead atoms. The van der Waals surface area contributed by atoms with E-state index in [-0.39, 0.29) is 36.6 Å². The van der Waals surface area contributed by atoms with Gasteiger partial charge in [-0.15, -0.1) is 13.2 Å². The van der Waals surface area contributed by atoms with Crippen molar-refractivity contribution < 1.29 is 32.2 Å². The Labute approximate surface area is 164 Å². The van der Waals surface area contributed by atoms with Crippen molar-refractivity contribution in [1.82, 2.24) is 14.9 Å². The molecule has 0 saturated carbocycles. The number of carbonyl (C=O) groups excluding carboxylic acids is 1. The standard InChI is InChI=1S/C18H19F3N4O4/c1-27-14-5-12(6-15(7-14)29-18(19,20)21)8-22-17-23-9-13(10-24-17)16(26)25-3-2-4-28-11-25/h5-7,9-10H,2-4,8,11H2,1H3,(H,22,23,24). The first-order chi connectivity index (χ1) is 13.8. The van der Waals surface area contributed by atoms with Gasteiger partial charge < -0.3 is 24.4 Å². The molecule has 1 aromatic heterocycles. The van der Waals surface area contributed by atoms with E-state index in [1.807, 2.05) is 0 Å². The fourth-order valence-electron chi connectivity index (χ4n) is 2.69. The minimum atomic E-state index is -4.80. The van der Waals surface area contributed by atoms with Gasteiger partial charge in [-0.2, -0.15) is 0 Å². The lowest BCUT2D eigenvalue weighted by molar-refractivity contribution is -0.274. The largest absolute Gasteiger partial charge is 0.573 e. The Morgan fingerprint density at radius 3 is 2.59 bits per heavy atom. The van der Waals surface area contributed by atoms with E-state index >= 15 is 0 Å². The zero-order chi connectivity index (χ0) is 20.9. The molecule has 1 aliphatic heterocycles. The van der Waals surface area contributed by atoms with Gasteiger partial charge in [0, 0.05) is 31.5 Å². The first-order valence-electron chi connectivity index (χ1n) is 8.71. The number of alkyl halides is 3. The van der Waals surface area contributed by atoms with E-state index in [9.17, 15) is 18.0 Å². The Morgan fingerprint density at radius 2 is 1.97 bits per heavy atom. The van der Waals surface area contributed by atoms with Crippen molar-refractivity contribution in [2.45, 2.75) is 19.3 Å². The average Bonchev–Trinajstić information content (AvgIpc) is 2.71. The van der Waals surface area contributed by atoms with Gasteiger partial charge >= 0.3 is 6.36 Å². The van der Waals surface area contributed by atoms with Gasteiger partial charge in [0.15, 0.2) is 0 Å². The lowest BCUT2D eigenvalue weighted by Crippen LogP contribution is -2.38. The SMILES string of the molecule is COc1cc(CNc2ncc(C(=O)N3CCCOC3)cn2)cc(OC(F)(F)F)c1. The maximum Gasteiger partial charge on any atom is 0.573 e. The monoisotopic (exact) mass is 412 g/mol. The van der Waals surface area contributed by atoms with Crippen LogP contribution < -0.4 is 14.8 Å². The highest BCUT2D eigenvalue weighted by Gasteiger charge is 2.31. The molecule has 0 unspecified atom stereocenters. The van der Waals surface area contributed by atoms with Gasteiger partial charge in [0.2, 0.25) is 5.95 Å². The molecule has 1 aromatic carbocycles. The summed E-state index contributed by atoms with van der Waals surface area (Å²) in [4.78, 5) is 22.1. The third-order valence-electron chi connectivity index (χ3n) is 4.01. The predicted octanol–water partition coefficient (Wildman–Crippen LogP) is 2.82. The van der Waals surface area contributed by atoms with E-state index in [1.54, 1.807) is 11.0 Å². The predicted molar refractivity (Wildman–Crippen MR) is 95.5 cm³/mol. The maximum absolute atomic E-state index is 12.5. The molecule has 1 saturated heterocycles. The van der Waals surface area contributed by atoms with Crippen LogP contribution in [0.5, 0.6) is 11.5 Å². The number of halogens is 3. The molecule has 0 atom stereocenters. The Balaban J connectivity index is 1.63. The van der Waals surface area contributed by atoms with Gasteiger partial charge in [-0.1, -0.05) is 0 Å². The molecule has 1 N–H and O–H groups in total. The van der Waals surface area contributed by atoms with Crippen LogP contribution in [0.4, 0.5) is 19.1 Å². The van der Waals surface area contributed by atoms with Crippen molar-refractivity contribution in [3.05, 3.63) is 41.7 Å². The zero-order valence-electron chi connectivity index (χ0n) is 15.5. The summed E-state index contributed by atoms with van der Waals surface area (Å²) < 4.78 is 51.6. The summed E-state index contributed by atoms with van der Waals surface area (Å²) in [6, 6.07) is 3.93. The van der Waals surface area contributed by atoms with Crippen LogP contribution in [0.15, 0.2) is 30.6 Å². The molecule has 8 nitrogen and oxygen atoms in total. The quantitative estimate of drug-likeness (QED) is 0.781. The first-order valence-corrected chi connectivity index (χ1v) is 8.71. The third kappa shape index (κ3) is 5.95. The van der Waals surface area contributed by atoms with E-state index in [2.05, 4.69) is 20.0 Å². The Bertz CT molecular complexity index is 840. The summed E-state index contributed by atoms with van der Waals surface area (Å²) in [5.74, 6) is -0.177. The molecule has 3 rings (SSSR count). The Morgan fingerprint density at radius 1 is 1.24 bits per heavy atom. The number of aromatic nitrogens is 2. The van der Waals surface area contributed by atoms with Gasteiger partial charge in [0.25, 0.3) is 5.91 Å². The summed E-state index contributed by atoms with van der Waals surface area (Å²) in [5.41, 5.74) is 0.793. The second kappa shape index (κ2) is 8.95.